The first kappa shape index (κ1) is 135. The molecule has 0 radical (unpaired) electrons. The van der Waals surface area contributed by atoms with Gasteiger partial charge < -0.3 is 21.0 Å². The van der Waals surface area contributed by atoms with Gasteiger partial charge in [-0.3, -0.25) is 15.0 Å². The van der Waals surface area contributed by atoms with Crippen LogP contribution in [0.2, 0.25) is 0 Å². The number of hydrogen-bond acceptors (Lipinski definition) is 10. The fourth-order valence-corrected chi connectivity index (χ4v) is 5.38. The summed E-state index contributed by atoms with van der Waals surface area (Å²) >= 11 is 0. The maximum absolute atomic E-state index is 4.72. The molecule has 10 heteroatoms. The van der Waals surface area contributed by atoms with E-state index in [0.29, 0.717) is 0 Å². The van der Waals surface area contributed by atoms with Crippen LogP contribution in [0.3, 0.4) is 0 Å². The van der Waals surface area contributed by atoms with Gasteiger partial charge in [-0.25, -0.2) is 5.43 Å². The molecule has 0 unspecified atom stereocenters. The molecule has 2 saturated carbocycles. The van der Waals surface area contributed by atoms with E-state index in [1.54, 1.807) is 6.34 Å². The van der Waals surface area contributed by atoms with Crippen molar-refractivity contribution in [1.82, 2.24) is 21.7 Å². The molecule has 91 heavy (non-hydrogen) atoms. The molecule has 558 valence electrons. The fraction of sp³-hybridized carbons (Fsp3) is 0.765. The first-order valence-corrected chi connectivity index (χ1v) is 38.8. The molecule has 5 aliphatic heterocycles. The molecule has 0 aromatic heterocycles. The monoisotopic (exact) mass is 1300 g/mol. The Morgan fingerprint density at radius 1 is 0.352 bits per heavy atom. The highest BCUT2D eigenvalue weighted by molar-refractivity contribution is 5.79. The lowest BCUT2D eigenvalue weighted by atomic mass is 10.0. The first-order valence-electron chi connectivity index (χ1n) is 38.8. The molecule has 4 N–H and O–H groups in total. The Labute approximate surface area is 582 Å². The molecular weight excluding hydrogens is 1110 g/mol. The molecule has 0 amide bonds. The molecule has 0 bridgehead atoms. The van der Waals surface area contributed by atoms with Gasteiger partial charge in [-0.1, -0.05) is 362 Å². The minimum atomic E-state index is 0.740. The maximum Gasteiger partial charge on any atom is 0.192 e. The molecule has 5 heterocycles. The van der Waals surface area contributed by atoms with Crippen molar-refractivity contribution in [2.45, 2.75) is 378 Å². The van der Waals surface area contributed by atoms with Crippen LogP contribution in [0.15, 0.2) is 110 Å². The van der Waals surface area contributed by atoms with E-state index < -0.39 is 0 Å². The highest BCUT2D eigenvalue weighted by Crippen LogP contribution is 2.21. The van der Waals surface area contributed by atoms with Crippen LogP contribution in [-0.2, 0) is 4.74 Å². The lowest BCUT2D eigenvalue weighted by Crippen LogP contribution is -2.36. The van der Waals surface area contributed by atoms with Crippen LogP contribution < -0.4 is 21.7 Å². The molecule has 10 nitrogen and oxygen atoms in total. The van der Waals surface area contributed by atoms with Crippen molar-refractivity contribution in [2.75, 3.05) is 39.3 Å². The Bertz CT molecular complexity index is 1110. The third kappa shape index (κ3) is 194. The predicted molar refractivity (Wildman–Crippen MR) is 446 cm³/mol. The van der Waals surface area contributed by atoms with Crippen molar-refractivity contribution < 1.29 is 4.74 Å². The van der Waals surface area contributed by atoms with E-state index in [1.165, 1.54) is 126 Å². The summed E-state index contributed by atoms with van der Waals surface area (Å²) in [6.07, 6.45) is 43.4. The Kier molecular flexibility index (Phi) is 294. The second kappa shape index (κ2) is 198. The van der Waals surface area contributed by atoms with E-state index in [-0.39, 0.29) is 0 Å². The van der Waals surface area contributed by atoms with E-state index in [4.69, 9.17) is 4.74 Å². The number of hydrazone groups is 2. The van der Waals surface area contributed by atoms with Crippen molar-refractivity contribution in [3.63, 3.8) is 0 Å². The molecule has 0 spiro atoms. The Morgan fingerprint density at radius 2 is 0.780 bits per heavy atom. The standard InChI is InChI=1S/C7H10.C6H10.C6H8.C6H12.2C5H7N.C4H8N2.C3H7N3.C3H6N2O.18C2H6/c1-7-5-3-2-4-6-7;2*1-6-4-2-3-5-6;1-2-4-6-5-3-1;1-5-2-3-6-4-5;1-5-3-2-4-6-5;1-2-4-6-5-3-1;1-2-5-6-3-4-1;1-2-6-3-5-4-1;18*1-2/h3,5H,1-2,4,6H2;1-5H2;2,4H,1,3,5H2;1-6H2;2*4H,1-3H2;3,6H,1-2,4H2;3,5H,1-2H2,(H,4,6);3-4H,1-2H2;18*1-2H3. The second-order valence-electron chi connectivity index (χ2n) is 14.0. The Hall–Kier alpha value is -4.31. The van der Waals surface area contributed by atoms with Crippen LogP contribution in [-0.4, -0.2) is 70.7 Å². The quantitative estimate of drug-likeness (QED) is 0.180. The molecule has 0 saturated heterocycles. The number of nitrogens with zero attached hydrogens (tertiary/aromatic N) is 5. The third-order valence-corrected chi connectivity index (χ3v) is 8.67. The zero-order valence-electron chi connectivity index (χ0n) is 70.3. The number of hydrazine groups is 1. The fourth-order valence-electron chi connectivity index (χ4n) is 5.38. The van der Waals surface area contributed by atoms with Gasteiger partial charge in [-0.05, 0) is 95.5 Å². The van der Waals surface area contributed by atoms with Crippen LogP contribution in [0, 0.1) is 0 Å². The van der Waals surface area contributed by atoms with Crippen molar-refractivity contribution in [3.8, 4) is 0 Å². The molecule has 0 aromatic rings. The van der Waals surface area contributed by atoms with Crippen LogP contribution in [0.5, 0.6) is 0 Å². The first-order chi connectivity index (χ1) is 45.0. The molecule has 9 rings (SSSR count). The molecule has 2 fully saturated rings. The van der Waals surface area contributed by atoms with Crippen molar-refractivity contribution in [1.29, 1.82) is 0 Å². The zero-order valence-corrected chi connectivity index (χ0v) is 70.3. The highest BCUT2D eigenvalue weighted by atomic mass is 16.5. The van der Waals surface area contributed by atoms with Crippen molar-refractivity contribution in [2.24, 2.45) is 25.2 Å². The van der Waals surface area contributed by atoms with Gasteiger partial charge in [0.25, 0.3) is 0 Å². The van der Waals surface area contributed by atoms with Crippen molar-refractivity contribution in [3.05, 3.63) is 85.2 Å². The van der Waals surface area contributed by atoms with Gasteiger partial charge in [0.2, 0.25) is 0 Å². The summed E-state index contributed by atoms with van der Waals surface area (Å²) in [7, 11) is 0. The minimum Gasteiger partial charge on any atom is -0.480 e. The van der Waals surface area contributed by atoms with Gasteiger partial charge in [0, 0.05) is 44.0 Å². The van der Waals surface area contributed by atoms with E-state index in [2.05, 4.69) is 104 Å². The average Bonchev–Trinajstić information content (AvgIpc) is 4.62. The van der Waals surface area contributed by atoms with Gasteiger partial charge in [-0.2, -0.15) is 5.10 Å². The van der Waals surface area contributed by atoms with Crippen LogP contribution in [0.4, 0.5) is 0 Å². The molecule has 9 aliphatic rings. The summed E-state index contributed by atoms with van der Waals surface area (Å²) in [5, 5.41) is 7.38. The summed E-state index contributed by atoms with van der Waals surface area (Å²) in [5.41, 5.74) is 17.4. The van der Waals surface area contributed by atoms with Gasteiger partial charge in [0.15, 0.2) is 6.40 Å². The average molecular weight is 1300 g/mol. The largest absolute Gasteiger partial charge is 0.480 e. The molecule has 0 aromatic carbocycles. The number of allylic oxidation sites excluding steroid dienone is 8. The topological polar surface area (TPSA) is 119 Å². The summed E-state index contributed by atoms with van der Waals surface area (Å²) in [5.74, 6) is 0. The number of hydrogen-bond donors (Lipinski definition) is 4. The molecule has 4 aliphatic carbocycles. The molecular formula is C81H183N9O. The minimum absolute atomic E-state index is 0.740. The Balaban J connectivity index is -0.0000000388. The van der Waals surface area contributed by atoms with E-state index in [9.17, 15) is 0 Å². The van der Waals surface area contributed by atoms with Crippen molar-refractivity contribution >= 4 is 31.4 Å². The zero-order chi connectivity index (χ0) is 75.7. The number of nitrogens with one attached hydrogen (secondary N) is 4. The molecule has 0 atom stereocenters. The van der Waals surface area contributed by atoms with Gasteiger partial charge in [0.1, 0.15) is 6.61 Å². The van der Waals surface area contributed by atoms with Gasteiger partial charge in [0.05, 0.1) is 19.4 Å². The number of rotatable bonds is 0. The van der Waals surface area contributed by atoms with Crippen LogP contribution in [0.1, 0.15) is 378 Å². The lowest BCUT2D eigenvalue weighted by Gasteiger charge is -2.05. The lowest BCUT2D eigenvalue weighted by molar-refractivity contribution is 0.293. The van der Waals surface area contributed by atoms with Crippen LogP contribution >= 0.6 is 0 Å². The predicted octanol–water partition coefficient (Wildman–Crippen LogP) is 28.5. The normalized spacial score (nSPS) is 13.6. The Morgan fingerprint density at radius 3 is 0.890 bits per heavy atom. The van der Waals surface area contributed by atoms with E-state index >= 15 is 0 Å². The second-order valence-corrected chi connectivity index (χ2v) is 14.0. The maximum atomic E-state index is 4.72. The highest BCUT2D eigenvalue weighted by Gasteiger charge is 2.01. The number of aliphatic imine (C=N–C) groups is 3. The van der Waals surface area contributed by atoms with E-state index in [1.807, 2.05) is 268 Å². The van der Waals surface area contributed by atoms with Gasteiger partial charge >= 0.3 is 0 Å². The third-order valence-electron chi connectivity index (χ3n) is 8.67. The summed E-state index contributed by atoms with van der Waals surface area (Å²) in [4.78, 5) is 11.7. The summed E-state index contributed by atoms with van der Waals surface area (Å²) in [6, 6.07) is 0. The summed E-state index contributed by atoms with van der Waals surface area (Å²) in [6.45, 7) is 96.2. The van der Waals surface area contributed by atoms with Gasteiger partial charge in [-0.15, -0.1) is 5.10 Å². The smallest absolute Gasteiger partial charge is 0.192 e. The number of ether oxygens (including phenoxy) is 1. The van der Waals surface area contributed by atoms with Crippen LogP contribution in [0.25, 0.3) is 0 Å². The SMILES string of the molecule is C1=NCCNN1.C1=NNCCC1.C1=NNCCO1.C1CCCCC1.C=C1C=CCC1.C=C1C=CCCC1.C=C1C=NCC1.C=C1CCC=N1.C=C1CCCC1.CC.CC.CC.CC.CC.CC.CC.CC.CC.CC.CC.CC.CC.CC.CC.CC.CC.CC. The summed E-state index contributed by atoms with van der Waals surface area (Å²) < 4.78 is 4.72. The van der Waals surface area contributed by atoms with E-state index in [0.717, 1.165) is 76.3 Å².